The molecule has 108 valence electrons. The van der Waals surface area contributed by atoms with Gasteiger partial charge in [0.05, 0.1) is 5.39 Å². The minimum Gasteiger partial charge on any atom is -0.265 e. The summed E-state index contributed by atoms with van der Waals surface area (Å²) in [4.78, 5) is 7.26. The van der Waals surface area contributed by atoms with Crippen molar-refractivity contribution in [2.24, 2.45) is 5.92 Å². The molecule has 0 saturated heterocycles. The van der Waals surface area contributed by atoms with Crippen molar-refractivity contribution in [3.63, 3.8) is 0 Å². The highest BCUT2D eigenvalue weighted by atomic mass is 32.1. The maximum atomic E-state index is 4.65. The molecule has 3 aromatic heterocycles. The van der Waals surface area contributed by atoms with E-state index in [1.54, 1.807) is 0 Å². The Morgan fingerprint density at radius 1 is 1.38 bits per heavy atom. The van der Waals surface area contributed by atoms with E-state index in [-0.39, 0.29) is 0 Å². The third-order valence-corrected chi connectivity index (χ3v) is 5.31. The zero-order valence-corrected chi connectivity index (χ0v) is 13.4. The summed E-state index contributed by atoms with van der Waals surface area (Å²) in [7, 11) is 0. The molecule has 0 amide bonds. The zero-order chi connectivity index (χ0) is 14.6. The van der Waals surface area contributed by atoms with Crippen LogP contribution in [0.2, 0.25) is 0 Å². The second-order valence-corrected chi connectivity index (χ2v) is 7.33. The van der Waals surface area contributed by atoms with Crippen LogP contribution in [0.15, 0.2) is 11.9 Å². The number of thiophene rings is 1. The van der Waals surface area contributed by atoms with E-state index < -0.39 is 0 Å². The van der Waals surface area contributed by atoms with Crippen LogP contribution in [0.3, 0.4) is 0 Å². The number of aromatic nitrogens is 4. The van der Waals surface area contributed by atoms with Gasteiger partial charge < -0.3 is 0 Å². The minimum absolute atomic E-state index is 0.778. The van der Waals surface area contributed by atoms with E-state index in [2.05, 4.69) is 42.0 Å². The van der Waals surface area contributed by atoms with Crippen molar-refractivity contribution in [1.82, 2.24) is 19.6 Å². The molecule has 21 heavy (non-hydrogen) atoms. The molecule has 1 aliphatic rings. The fourth-order valence-corrected chi connectivity index (χ4v) is 4.46. The minimum atomic E-state index is 0.778. The third kappa shape index (κ3) is 1.99. The highest BCUT2D eigenvalue weighted by Gasteiger charge is 2.23. The first-order valence-electron chi connectivity index (χ1n) is 7.42. The summed E-state index contributed by atoms with van der Waals surface area (Å²) in [6.45, 7) is 6.47. The Bertz CT molecular complexity index is 867. The summed E-state index contributed by atoms with van der Waals surface area (Å²) in [5.41, 5.74) is 3.63. The lowest BCUT2D eigenvalue weighted by Gasteiger charge is -2.17. The lowest BCUT2D eigenvalue weighted by atomic mass is 9.89. The quantitative estimate of drug-likeness (QED) is 0.684. The molecule has 5 heteroatoms. The van der Waals surface area contributed by atoms with Crippen molar-refractivity contribution in [1.29, 1.82) is 0 Å². The Morgan fingerprint density at radius 2 is 2.24 bits per heavy atom. The Morgan fingerprint density at radius 3 is 3.05 bits per heavy atom. The molecule has 4 rings (SSSR count). The van der Waals surface area contributed by atoms with Crippen LogP contribution in [0.25, 0.3) is 21.9 Å². The molecule has 1 unspecified atom stereocenters. The van der Waals surface area contributed by atoms with Crippen molar-refractivity contribution < 1.29 is 0 Å². The number of hydrogen-bond acceptors (Lipinski definition) is 4. The van der Waals surface area contributed by atoms with Gasteiger partial charge in [-0.15, -0.1) is 21.5 Å². The first-order chi connectivity index (χ1) is 10.1. The maximum Gasteiger partial charge on any atom is 0.172 e. The molecule has 0 fully saturated rings. The summed E-state index contributed by atoms with van der Waals surface area (Å²) in [5.74, 6) is 1.64. The molecule has 0 aliphatic heterocycles. The number of aryl methyl sites for hydroxylation is 1. The molecule has 0 bridgehead atoms. The number of nitrogens with zero attached hydrogens (tertiary/aromatic N) is 4. The Balaban J connectivity index is 2.01. The number of fused-ring (bicyclic) bond motifs is 5. The van der Waals surface area contributed by atoms with Crippen molar-refractivity contribution in [3.05, 3.63) is 28.2 Å². The lowest BCUT2D eigenvalue weighted by molar-refractivity contribution is 0.509. The largest absolute Gasteiger partial charge is 0.265 e. The molecule has 1 atom stereocenters. The van der Waals surface area contributed by atoms with Gasteiger partial charge in [0.2, 0.25) is 0 Å². The van der Waals surface area contributed by atoms with E-state index in [9.17, 15) is 0 Å². The first kappa shape index (κ1) is 13.0. The molecule has 0 N–H and O–H groups in total. The van der Waals surface area contributed by atoms with Gasteiger partial charge in [-0.25, -0.2) is 4.98 Å². The standard InChI is InChI=1S/C16H18N4S/c1-9(2)6-13-18-19-15-14-11-5-4-10(3)7-12(11)21-16(14)17-8-20(13)15/h6,8,10H,4-5,7H2,1-3H3. The lowest BCUT2D eigenvalue weighted by Crippen LogP contribution is -2.08. The average Bonchev–Trinajstić information content (AvgIpc) is 2.98. The van der Waals surface area contributed by atoms with E-state index in [0.717, 1.165) is 28.6 Å². The molecule has 0 saturated carbocycles. The van der Waals surface area contributed by atoms with Gasteiger partial charge in [-0.2, -0.15) is 0 Å². The predicted octanol–water partition coefficient (Wildman–Crippen LogP) is 3.89. The number of hydrogen-bond donors (Lipinski definition) is 0. The van der Waals surface area contributed by atoms with Gasteiger partial charge in [-0.3, -0.25) is 4.40 Å². The van der Waals surface area contributed by atoms with Crippen molar-refractivity contribution in [3.8, 4) is 0 Å². The Kier molecular flexibility index (Phi) is 2.85. The van der Waals surface area contributed by atoms with Gasteiger partial charge in [0, 0.05) is 4.88 Å². The highest BCUT2D eigenvalue weighted by molar-refractivity contribution is 7.19. The number of allylic oxidation sites excluding steroid dienone is 1. The fraction of sp³-hybridized carbons (Fsp3) is 0.438. The van der Waals surface area contributed by atoms with Gasteiger partial charge in [0.1, 0.15) is 11.2 Å². The summed E-state index contributed by atoms with van der Waals surface area (Å²) < 4.78 is 2.01. The van der Waals surface area contributed by atoms with E-state index in [1.807, 2.05) is 22.1 Å². The molecular weight excluding hydrogens is 280 g/mol. The van der Waals surface area contributed by atoms with Gasteiger partial charge in [-0.05, 0) is 50.7 Å². The zero-order valence-electron chi connectivity index (χ0n) is 12.6. The van der Waals surface area contributed by atoms with Gasteiger partial charge in [0.15, 0.2) is 11.5 Å². The molecule has 3 aromatic rings. The summed E-state index contributed by atoms with van der Waals surface area (Å²) in [5, 5.41) is 9.99. The summed E-state index contributed by atoms with van der Waals surface area (Å²) in [6, 6.07) is 0. The van der Waals surface area contributed by atoms with E-state index in [4.69, 9.17) is 0 Å². The smallest absolute Gasteiger partial charge is 0.172 e. The fourth-order valence-electron chi connectivity index (χ4n) is 3.11. The van der Waals surface area contributed by atoms with Crippen LogP contribution in [0.1, 0.15) is 43.5 Å². The monoisotopic (exact) mass is 298 g/mol. The van der Waals surface area contributed by atoms with E-state index in [1.165, 1.54) is 34.2 Å². The normalized spacial score (nSPS) is 18.1. The second kappa shape index (κ2) is 4.63. The Labute approximate surface area is 127 Å². The second-order valence-electron chi connectivity index (χ2n) is 6.25. The highest BCUT2D eigenvalue weighted by Crippen LogP contribution is 2.38. The van der Waals surface area contributed by atoms with Crippen LogP contribution in [0.5, 0.6) is 0 Å². The van der Waals surface area contributed by atoms with E-state index in [0.29, 0.717) is 0 Å². The maximum absolute atomic E-state index is 4.65. The van der Waals surface area contributed by atoms with Crippen LogP contribution in [-0.4, -0.2) is 19.6 Å². The van der Waals surface area contributed by atoms with Crippen LogP contribution < -0.4 is 0 Å². The molecule has 3 heterocycles. The van der Waals surface area contributed by atoms with Crippen LogP contribution in [0.4, 0.5) is 0 Å². The predicted molar refractivity (Wildman–Crippen MR) is 86.7 cm³/mol. The first-order valence-corrected chi connectivity index (χ1v) is 8.24. The van der Waals surface area contributed by atoms with Gasteiger partial charge in [0.25, 0.3) is 0 Å². The third-order valence-electron chi connectivity index (χ3n) is 4.15. The molecule has 4 nitrogen and oxygen atoms in total. The molecule has 1 aliphatic carbocycles. The van der Waals surface area contributed by atoms with E-state index >= 15 is 0 Å². The molecule has 0 aromatic carbocycles. The van der Waals surface area contributed by atoms with Crippen LogP contribution in [-0.2, 0) is 12.8 Å². The SMILES string of the molecule is CC(C)=Cc1nnc2c3c4c(sc3ncn12)CC(C)CC4. The molecule has 0 spiro atoms. The molecular formula is C16H18N4S. The molecule has 0 radical (unpaired) electrons. The van der Waals surface area contributed by atoms with Gasteiger partial charge >= 0.3 is 0 Å². The van der Waals surface area contributed by atoms with Crippen LogP contribution >= 0.6 is 11.3 Å². The van der Waals surface area contributed by atoms with Crippen molar-refractivity contribution >= 4 is 33.3 Å². The topological polar surface area (TPSA) is 43.1 Å². The van der Waals surface area contributed by atoms with Gasteiger partial charge in [-0.1, -0.05) is 12.5 Å². The Hall–Kier alpha value is -1.75. The average molecular weight is 298 g/mol. The summed E-state index contributed by atoms with van der Waals surface area (Å²) in [6.07, 6.45) is 7.49. The summed E-state index contributed by atoms with van der Waals surface area (Å²) >= 11 is 1.83. The van der Waals surface area contributed by atoms with Crippen molar-refractivity contribution in [2.75, 3.05) is 0 Å². The van der Waals surface area contributed by atoms with Crippen LogP contribution in [0, 0.1) is 5.92 Å². The van der Waals surface area contributed by atoms with Crippen molar-refractivity contribution in [2.45, 2.75) is 40.0 Å². The number of rotatable bonds is 1.